The first-order chi connectivity index (χ1) is 9.90. The number of sulfonamides is 1. The van der Waals surface area contributed by atoms with Gasteiger partial charge in [0, 0.05) is 26.2 Å². The Balaban J connectivity index is 1.97. The molecule has 0 amide bonds. The van der Waals surface area contributed by atoms with E-state index in [4.69, 9.17) is 5.11 Å². The molecule has 0 radical (unpaired) electrons. The third-order valence-electron chi connectivity index (χ3n) is 3.43. The fraction of sp³-hybridized carbons (Fsp3) is 0.462. The minimum atomic E-state index is -3.53. The SMILES string of the molecule is O=C(O)CCS(=O)(=O)N1CCN(c2ccccc2O)CC1. The quantitative estimate of drug-likeness (QED) is 0.812. The van der Waals surface area contributed by atoms with Crippen molar-refractivity contribution < 1.29 is 23.4 Å². The van der Waals surface area contributed by atoms with E-state index < -0.39 is 16.0 Å². The normalized spacial score (nSPS) is 16.9. The van der Waals surface area contributed by atoms with Crippen molar-refractivity contribution in [3.63, 3.8) is 0 Å². The van der Waals surface area contributed by atoms with E-state index in [0.29, 0.717) is 18.8 Å². The second-order valence-corrected chi connectivity index (χ2v) is 6.92. The predicted octanol–water partition coefficient (Wildman–Crippen LogP) is 0.319. The topological polar surface area (TPSA) is 98.1 Å². The number of carboxylic acids is 1. The first-order valence-corrected chi connectivity index (χ1v) is 8.23. The Morgan fingerprint density at radius 3 is 2.33 bits per heavy atom. The molecular formula is C13H18N2O5S. The van der Waals surface area contributed by atoms with Crippen LogP contribution < -0.4 is 4.90 Å². The average Bonchev–Trinajstić information content (AvgIpc) is 2.46. The fourth-order valence-electron chi connectivity index (χ4n) is 2.28. The van der Waals surface area contributed by atoms with Crippen LogP contribution in [-0.4, -0.2) is 60.8 Å². The van der Waals surface area contributed by atoms with E-state index in [2.05, 4.69) is 0 Å². The van der Waals surface area contributed by atoms with Crippen molar-refractivity contribution in [2.24, 2.45) is 0 Å². The van der Waals surface area contributed by atoms with Crippen molar-refractivity contribution in [1.82, 2.24) is 4.31 Å². The summed E-state index contributed by atoms with van der Waals surface area (Å²) in [5, 5.41) is 18.4. The molecule has 0 bridgehead atoms. The molecule has 1 aliphatic heterocycles. The molecule has 0 spiro atoms. The van der Waals surface area contributed by atoms with Gasteiger partial charge in [-0.25, -0.2) is 8.42 Å². The van der Waals surface area contributed by atoms with Gasteiger partial charge in [-0.1, -0.05) is 12.1 Å². The summed E-state index contributed by atoms with van der Waals surface area (Å²) < 4.78 is 25.3. The lowest BCUT2D eigenvalue weighted by atomic mass is 10.2. The van der Waals surface area contributed by atoms with Gasteiger partial charge in [-0.05, 0) is 12.1 Å². The first kappa shape index (κ1) is 15.6. The minimum Gasteiger partial charge on any atom is -0.506 e. The second-order valence-electron chi connectivity index (χ2n) is 4.83. The standard InChI is InChI=1S/C13H18N2O5S/c16-12-4-2-1-3-11(12)14-6-8-15(9-7-14)21(19,20)10-5-13(17)18/h1-4,16H,5-10H2,(H,17,18). The number of carbonyl (C=O) groups is 1. The molecule has 2 N–H and O–H groups in total. The van der Waals surface area contributed by atoms with Crippen LogP contribution in [0.3, 0.4) is 0 Å². The summed E-state index contributed by atoms with van der Waals surface area (Å²) in [6.45, 7) is 1.50. The largest absolute Gasteiger partial charge is 0.506 e. The highest BCUT2D eigenvalue weighted by molar-refractivity contribution is 7.89. The number of aromatic hydroxyl groups is 1. The molecule has 0 aliphatic carbocycles. The number of anilines is 1. The van der Waals surface area contributed by atoms with Gasteiger partial charge in [0.2, 0.25) is 10.0 Å². The highest BCUT2D eigenvalue weighted by atomic mass is 32.2. The van der Waals surface area contributed by atoms with Crippen molar-refractivity contribution in [2.45, 2.75) is 6.42 Å². The molecule has 2 rings (SSSR count). The zero-order valence-corrected chi connectivity index (χ0v) is 12.3. The lowest BCUT2D eigenvalue weighted by Crippen LogP contribution is -2.49. The van der Waals surface area contributed by atoms with Gasteiger partial charge in [0.05, 0.1) is 17.9 Å². The van der Waals surface area contributed by atoms with Crippen LogP contribution in [0.2, 0.25) is 0 Å². The van der Waals surface area contributed by atoms with Crippen molar-refractivity contribution in [2.75, 3.05) is 36.8 Å². The molecule has 0 atom stereocenters. The number of phenols is 1. The van der Waals surface area contributed by atoms with E-state index in [1.807, 2.05) is 11.0 Å². The maximum atomic E-state index is 12.0. The van der Waals surface area contributed by atoms with Crippen LogP contribution >= 0.6 is 0 Å². The van der Waals surface area contributed by atoms with E-state index >= 15 is 0 Å². The van der Waals surface area contributed by atoms with Gasteiger partial charge >= 0.3 is 5.97 Å². The van der Waals surface area contributed by atoms with E-state index in [1.165, 1.54) is 4.31 Å². The maximum absolute atomic E-state index is 12.0. The molecule has 1 aromatic carbocycles. The van der Waals surface area contributed by atoms with Crippen molar-refractivity contribution in [1.29, 1.82) is 0 Å². The molecule has 7 nitrogen and oxygen atoms in total. The molecule has 0 saturated carbocycles. The Morgan fingerprint density at radius 1 is 1.14 bits per heavy atom. The smallest absolute Gasteiger partial charge is 0.304 e. The molecule has 116 valence electrons. The third-order valence-corrected chi connectivity index (χ3v) is 5.30. The Bertz CT molecular complexity index is 609. The molecule has 0 aromatic heterocycles. The van der Waals surface area contributed by atoms with Gasteiger partial charge in [-0.15, -0.1) is 0 Å². The number of hydrogen-bond acceptors (Lipinski definition) is 5. The Labute approximate surface area is 123 Å². The number of para-hydroxylation sites is 2. The molecule has 21 heavy (non-hydrogen) atoms. The molecular weight excluding hydrogens is 296 g/mol. The number of nitrogens with zero attached hydrogens (tertiary/aromatic N) is 2. The van der Waals surface area contributed by atoms with E-state index in [-0.39, 0.29) is 31.0 Å². The van der Waals surface area contributed by atoms with Gasteiger partial charge < -0.3 is 15.1 Å². The van der Waals surface area contributed by atoms with E-state index in [1.54, 1.807) is 18.2 Å². The highest BCUT2D eigenvalue weighted by Gasteiger charge is 2.27. The summed E-state index contributed by atoms with van der Waals surface area (Å²) in [5.41, 5.74) is 0.681. The molecule has 1 heterocycles. The highest BCUT2D eigenvalue weighted by Crippen LogP contribution is 2.27. The van der Waals surface area contributed by atoms with Gasteiger partial charge in [0.25, 0.3) is 0 Å². The average molecular weight is 314 g/mol. The zero-order valence-electron chi connectivity index (χ0n) is 11.5. The van der Waals surface area contributed by atoms with Crippen molar-refractivity contribution >= 4 is 21.7 Å². The molecule has 1 saturated heterocycles. The molecule has 1 fully saturated rings. The number of aliphatic carboxylic acids is 1. The number of rotatable bonds is 5. The van der Waals surface area contributed by atoms with Crippen LogP contribution in [0.25, 0.3) is 0 Å². The number of hydrogen-bond donors (Lipinski definition) is 2. The number of phenolic OH excluding ortho intramolecular Hbond substituents is 1. The monoisotopic (exact) mass is 314 g/mol. The van der Waals surface area contributed by atoms with Crippen LogP contribution in [0.1, 0.15) is 6.42 Å². The fourth-order valence-corrected chi connectivity index (χ4v) is 3.69. The van der Waals surface area contributed by atoms with Crippen LogP contribution in [0.5, 0.6) is 5.75 Å². The maximum Gasteiger partial charge on any atom is 0.304 e. The van der Waals surface area contributed by atoms with Crippen LogP contribution in [0.4, 0.5) is 5.69 Å². The number of piperazine rings is 1. The molecule has 1 aromatic rings. The predicted molar refractivity (Wildman–Crippen MR) is 77.9 cm³/mol. The number of benzene rings is 1. The summed E-state index contributed by atoms with van der Waals surface area (Å²) in [6, 6.07) is 6.91. The summed E-state index contributed by atoms with van der Waals surface area (Å²) in [5.74, 6) is -1.33. The summed E-state index contributed by atoms with van der Waals surface area (Å²) >= 11 is 0. The second kappa shape index (κ2) is 6.31. The Morgan fingerprint density at radius 2 is 1.76 bits per heavy atom. The van der Waals surface area contributed by atoms with Gasteiger partial charge in [0.1, 0.15) is 5.75 Å². The van der Waals surface area contributed by atoms with Gasteiger partial charge in [0.15, 0.2) is 0 Å². The summed E-state index contributed by atoms with van der Waals surface area (Å²) in [7, 11) is -3.53. The van der Waals surface area contributed by atoms with Crippen molar-refractivity contribution in [3.05, 3.63) is 24.3 Å². The lowest BCUT2D eigenvalue weighted by molar-refractivity contribution is -0.136. The Hall–Kier alpha value is -1.80. The molecule has 0 unspecified atom stereocenters. The van der Waals surface area contributed by atoms with Crippen molar-refractivity contribution in [3.8, 4) is 5.75 Å². The lowest BCUT2D eigenvalue weighted by Gasteiger charge is -2.35. The summed E-state index contributed by atoms with van der Waals surface area (Å²) in [4.78, 5) is 12.4. The Kier molecular flexibility index (Phi) is 4.69. The molecule has 1 aliphatic rings. The third kappa shape index (κ3) is 3.85. The zero-order chi connectivity index (χ0) is 15.5. The molecule has 8 heteroatoms. The first-order valence-electron chi connectivity index (χ1n) is 6.63. The van der Waals surface area contributed by atoms with Crippen LogP contribution in [0, 0.1) is 0 Å². The van der Waals surface area contributed by atoms with Crippen LogP contribution in [0.15, 0.2) is 24.3 Å². The summed E-state index contributed by atoms with van der Waals surface area (Å²) in [6.07, 6.45) is -0.387. The van der Waals surface area contributed by atoms with Crippen LogP contribution in [-0.2, 0) is 14.8 Å². The van der Waals surface area contributed by atoms with Gasteiger partial charge in [-0.2, -0.15) is 4.31 Å². The minimum absolute atomic E-state index is 0.166. The van der Waals surface area contributed by atoms with Gasteiger partial charge in [-0.3, -0.25) is 4.79 Å². The number of carboxylic acid groups (broad SMARTS) is 1. The van der Waals surface area contributed by atoms with E-state index in [0.717, 1.165) is 0 Å². The van der Waals surface area contributed by atoms with E-state index in [9.17, 15) is 18.3 Å².